The van der Waals surface area contributed by atoms with Gasteiger partial charge in [-0.05, 0) is 31.5 Å². The molecule has 0 aliphatic carbocycles. The molecule has 0 amide bonds. The van der Waals surface area contributed by atoms with Gasteiger partial charge in [-0.3, -0.25) is 5.10 Å². The summed E-state index contributed by atoms with van der Waals surface area (Å²) in [4.78, 5) is 4.68. The molecule has 2 N–H and O–H groups in total. The molecule has 0 spiro atoms. The molecule has 130 valence electrons. The molecule has 1 heterocycles. The fourth-order valence-corrected chi connectivity index (χ4v) is 3.54. The van der Waals surface area contributed by atoms with E-state index < -0.39 is 10.0 Å². The summed E-state index contributed by atoms with van der Waals surface area (Å²) in [5, 5.41) is 7.05. The largest absolute Gasteiger partial charge is 0.263 e. The first-order valence-corrected chi connectivity index (χ1v) is 9.47. The summed E-state index contributed by atoms with van der Waals surface area (Å²) >= 11 is 0. The number of nitrogens with one attached hydrogen (secondary N) is 2. The lowest BCUT2D eigenvalue weighted by Gasteiger charge is -2.06. The minimum absolute atomic E-state index is 0.249. The molecule has 0 unspecified atom stereocenters. The zero-order valence-corrected chi connectivity index (χ0v) is 15.0. The van der Waals surface area contributed by atoms with Crippen molar-refractivity contribution < 1.29 is 8.42 Å². The van der Waals surface area contributed by atoms with Gasteiger partial charge in [0, 0.05) is 18.5 Å². The van der Waals surface area contributed by atoms with Crippen molar-refractivity contribution in [1.82, 2.24) is 19.9 Å². The molecule has 3 rings (SSSR count). The number of nitrogens with zero attached hydrogens (tertiary/aromatic N) is 2. The monoisotopic (exact) mass is 356 g/mol. The number of benzene rings is 2. The third-order valence-corrected chi connectivity index (χ3v) is 5.25. The summed E-state index contributed by atoms with van der Waals surface area (Å²) in [6, 6.07) is 14.7. The first kappa shape index (κ1) is 17.3. The average Bonchev–Trinajstić information content (AvgIpc) is 3.04. The molecule has 25 heavy (non-hydrogen) atoms. The first-order chi connectivity index (χ1) is 11.9. The third-order valence-electron chi connectivity index (χ3n) is 3.80. The van der Waals surface area contributed by atoms with Crippen LogP contribution in [-0.2, 0) is 16.4 Å². The molecule has 0 saturated heterocycles. The molecule has 3 aromatic rings. The Labute approximate surface area is 147 Å². The number of rotatable bonds is 6. The standard InChI is InChI=1S/C18H20N4O2S/c1-13-6-8-15(9-7-13)18-20-17(21-22-18)10-11-19-25(23,24)16-5-3-4-14(2)12-16/h3-9,12,19H,10-11H2,1-2H3,(H,20,21,22). The zero-order valence-electron chi connectivity index (χ0n) is 14.2. The molecule has 0 bridgehead atoms. The summed E-state index contributed by atoms with van der Waals surface area (Å²) in [7, 11) is -3.52. The molecule has 1 aromatic heterocycles. The van der Waals surface area contributed by atoms with Crippen LogP contribution in [0, 0.1) is 13.8 Å². The number of H-pyrrole nitrogens is 1. The van der Waals surface area contributed by atoms with Crippen LogP contribution in [0.3, 0.4) is 0 Å². The smallest absolute Gasteiger partial charge is 0.240 e. The van der Waals surface area contributed by atoms with Crippen molar-refractivity contribution >= 4 is 10.0 Å². The fraction of sp³-hybridized carbons (Fsp3) is 0.222. The molecule has 0 radical (unpaired) electrons. The number of sulfonamides is 1. The molecule has 0 saturated carbocycles. The van der Waals surface area contributed by atoms with Gasteiger partial charge in [0.25, 0.3) is 0 Å². The van der Waals surface area contributed by atoms with Crippen LogP contribution >= 0.6 is 0 Å². The lowest BCUT2D eigenvalue weighted by atomic mass is 10.1. The molecule has 7 heteroatoms. The second-order valence-electron chi connectivity index (χ2n) is 5.94. The Morgan fingerprint density at radius 1 is 1.04 bits per heavy atom. The molecule has 0 fully saturated rings. The van der Waals surface area contributed by atoms with Crippen LogP contribution in [0.25, 0.3) is 11.4 Å². The lowest BCUT2D eigenvalue weighted by Crippen LogP contribution is -2.26. The van der Waals surface area contributed by atoms with Crippen LogP contribution in [0.15, 0.2) is 53.4 Å². The maximum Gasteiger partial charge on any atom is 0.240 e. The SMILES string of the molecule is Cc1ccc(-c2n[nH]c(CCNS(=O)(=O)c3cccc(C)c3)n2)cc1. The van der Waals surface area contributed by atoms with Gasteiger partial charge in [0.05, 0.1) is 4.90 Å². The Morgan fingerprint density at radius 3 is 2.52 bits per heavy atom. The van der Waals surface area contributed by atoms with Gasteiger partial charge in [-0.25, -0.2) is 18.1 Å². The number of aryl methyl sites for hydroxylation is 2. The molecule has 2 aromatic carbocycles. The Balaban J connectivity index is 1.62. The van der Waals surface area contributed by atoms with Gasteiger partial charge < -0.3 is 0 Å². The maximum absolute atomic E-state index is 12.3. The minimum Gasteiger partial charge on any atom is -0.263 e. The predicted molar refractivity (Wildman–Crippen MR) is 96.6 cm³/mol. The van der Waals surface area contributed by atoms with E-state index in [1.807, 2.05) is 44.2 Å². The first-order valence-electron chi connectivity index (χ1n) is 7.99. The van der Waals surface area contributed by atoms with E-state index in [4.69, 9.17) is 0 Å². The van der Waals surface area contributed by atoms with E-state index in [2.05, 4.69) is 19.9 Å². The Morgan fingerprint density at radius 2 is 1.80 bits per heavy atom. The van der Waals surface area contributed by atoms with Crippen molar-refractivity contribution in [1.29, 1.82) is 0 Å². The molecule has 0 aliphatic rings. The molecular formula is C18H20N4O2S. The highest BCUT2D eigenvalue weighted by Crippen LogP contribution is 2.15. The van der Waals surface area contributed by atoms with Crippen LogP contribution in [0.1, 0.15) is 17.0 Å². The average molecular weight is 356 g/mol. The summed E-state index contributed by atoms with van der Waals surface area (Å²) < 4.78 is 27.1. The summed E-state index contributed by atoms with van der Waals surface area (Å²) in [5.41, 5.74) is 3.00. The van der Waals surface area contributed by atoms with Crippen molar-refractivity contribution in [2.45, 2.75) is 25.2 Å². The number of aromatic nitrogens is 3. The predicted octanol–water partition coefficient (Wildman–Crippen LogP) is 2.61. The Bertz CT molecular complexity index is 963. The summed E-state index contributed by atoms with van der Waals surface area (Å²) in [6.45, 7) is 4.13. The van der Waals surface area contributed by atoms with Crippen LogP contribution in [0.4, 0.5) is 0 Å². The maximum atomic E-state index is 12.3. The Hall–Kier alpha value is -2.51. The normalized spacial score (nSPS) is 11.6. The van der Waals surface area contributed by atoms with E-state index in [0.717, 1.165) is 11.1 Å². The third kappa shape index (κ3) is 4.32. The van der Waals surface area contributed by atoms with Gasteiger partial charge >= 0.3 is 0 Å². The van der Waals surface area contributed by atoms with Gasteiger partial charge in [0.2, 0.25) is 10.0 Å². The Kier molecular flexibility index (Phi) is 4.96. The minimum atomic E-state index is -3.52. The molecule has 0 atom stereocenters. The number of aromatic amines is 1. The van der Waals surface area contributed by atoms with E-state index in [1.165, 1.54) is 5.56 Å². The molecule has 6 nitrogen and oxygen atoms in total. The van der Waals surface area contributed by atoms with E-state index >= 15 is 0 Å². The number of hydrogen-bond acceptors (Lipinski definition) is 4. The van der Waals surface area contributed by atoms with Crippen molar-refractivity contribution in [3.63, 3.8) is 0 Å². The quantitative estimate of drug-likeness (QED) is 0.711. The van der Waals surface area contributed by atoms with E-state index in [1.54, 1.807) is 18.2 Å². The number of hydrogen-bond donors (Lipinski definition) is 2. The van der Waals surface area contributed by atoms with Gasteiger partial charge in [-0.2, -0.15) is 5.10 Å². The lowest BCUT2D eigenvalue weighted by molar-refractivity contribution is 0.581. The van der Waals surface area contributed by atoms with Crippen LogP contribution in [0.2, 0.25) is 0 Å². The van der Waals surface area contributed by atoms with Crippen LogP contribution < -0.4 is 4.72 Å². The van der Waals surface area contributed by atoms with E-state index in [0.29, 0.717) is 18.1 Å². The molecular weight excluding hydrogens is 336 g/mol. The van der Waals surface area contributed by atoms with E-state index in [9.17, 15) is 8.42 Å². The van der Waals surface area contributed by atoms with Gasteiger partial charge in [0.1, 0.15) is 5.82 Å². The summed E-state index contributed by atoms with van der Waals surface area (Å²) in [5.74, 6) is 1.25. The van der Waals surface area contributed by atoms with Crippen LogP contribution in [-0.4, -0.2) is 30.1 Å². The van der Waals surface area contributed by atoms with Gasteiger partial charge in [-0.15, -0.1) is 0 Å². The highest BCUT2D eigenvalue weighted by Gasteiger charge is 2.14. The van der Waals surface area contributed by atoms with E-state index in [-0.39, 0.29) is 11.4 Å². The highest BCUT2D eigenvalue weighted by molar-refractivity contribution is 7.89. The zero-order chi connectivity index (χ0) is 17.9. The second-order valence-corrected chi connectivity index (χ2v) is 7.70. The molecule has 0 aliphatic heterocycles. The summed E-state index contributed by atoms with van der Waals surface area (Å²) in [6.07, 6.45) is 0.434. The topological polar surface area (TPSA) is 87.7 Å². The van der Waals surface area contributed by atoms with Crippen molar-refractivity contribution in [3.05, 3.63) is 65.5 Å². The van der Waals surface area contributed by atoms with Crippen molar-refractivity contribution in [2.24, 2.45) is 0 Å². The van der Waals surface area contributed by atoms with Crippen LogP contribution in [0.5, 0.6) is 0 Å². The van der Waals surface area contributed by atoms with Crippen molar-refractivity contribution in [3.8, 4) is 11.4 Å². The van der Waals surface area contributed by atoms with Gasteiger partial charge in [0.15, 0.2) is 5.82 Å². The fourth-order valence-electron chi connectivity index (χ4n) is 2.41. The second kappa shape index (κ2) is 7.16. The van der Waals surface area contributed by atoms with Crippen molar-refractivity contribution in [2.75, 3.05) is 6.54 Å². The highest BCUT2D eigenvalue weighted by atomic mass is 32.2. The van der Waals surface area contributed by atoms with Gasteiger partial charge in [-0.1, -0.05) is 42.0 Å².